The van der Waals surface area contributed by atoms with E-state index in [4.69, 9.17) is 4.74 Å². The Balaban J connectivity index is 1.72. The van der Waals surface area contributed by atoms with Crippen LogP contribution in [0.25, 0.3) is 10.9 Å². The van der Waals surface area contributed by atoms with Crippen LogP contribution < -0.4 is 10.1 Å². The van der Waals surface area contributed by atoms with Crippen molar-refractivity contribution >= 4 is 10.9 Å². The van der Waals surface area contributed by atoms with Gasteiger partial charge in [0.05, 0.1) is 11.7 Å². The Hall–Kier alpha value is -1.61. The Morgan fingerprint density at radius 3 is 3.18 bits per heavy atom. The average molecular weight is 228 g/mol. The second-order valence-corrected chi connectivity index (χ2v) is 4.47. The monoisotopic (exact) mass is 228 g/mol. The third kappa shape index (κ3) is 2.39. The van der Waals surface area contributed by atoms with E-state index in [-0.39, 0.29) is 0 Å². The van der Waals surface area contributed by atoms with Crippen LogP contribution in [0, 0.1) is 0 Å². The number of para-hydroxylation sites is 1. The van der Waals surface area contributed by atoms with Crippen molar-refractivity contribution in [3.63, 3.8) is 0 Å². The second-order valence-electron chi connectivity index (χ2n) is 4.47. The summed E-state index contributed by atoms with van der Waals surface area (Å²) in [6, 6.07) is 10.6. The number of fused-ring (bicyclic) bond motifs is 1. The first-order chi connectivity index (χ1) is 8.42. The summed E-state index contributed by atoms with van der Waals surface area (Å²) in [5.41, 5.74) is 1.01. The highest BCUT2D eigenvalue weighted by Crippen LogP contribution is 2.18. The van der Waals surface area contributed by atoms with Gasteiger partial charge < -0.3 is 10.1 Å². The second kappa shape index (κ2) is 4.72. The molecule has 88 valence electrons. The molecule has 3 nitrogen and oxygen atoms in total. The van der Waals surface area contributed by atoms with Crippen molar-refractivity contribution in [2.24, 2.45) is 0 Å². The molecule has 0 aliphatic carbocycles. The predicted octanol–water partition coefficient (Wildman–Crippen LogP) is 2.37. The van der Waals surface area contributed by atoms with E-state index in [9.17, 15) is 0 Å². The molecule has 1 atom stereocenters. The van der Waals surface area contributed by atoms with Gasteiger partial charge in [0.1, 0.15) is 12.4 Å². The molecule has 1 aliphatic rings. The molecular weight excluding hydrogens is 212 g/mol. The lowest BCUT2D eigenvalue weighted by Gasteiger charge is -2.12. The summed E-state index contributed by atoms with van der Waals surface area (Å²) in [6.07, 6.45) is 4.27. The molecule has 1 aromatic carbocycles. The Morgan fingerprint density at radius 1 is 1.35 bits per heavy atom. The zero-order chi connectivity index (χ0) is 11.5. The van der Waals surface area contributed by atoms with Crippen LogP contribution in [0.2, 0.25) is 0 Å². The van der Waals surface area contributed by atoms with Gasteiger partial charge in [-0.25, -0.2) is 0 Å². The van der Waals surface area contributed by atoms with Crippen LogP contribution in [0.3, 0.4) is 0 Å². The lowest BCUT2D eigenvalue weighted by molar-refractivity contribution is 0.276. The van der Waals surface area contributed by atoms with Crippen LogP contribution in [0.4, 0.5) is 0 Å². The minimum Gasteiger partial charge on any atom is -0.490 e. The molecule has 3 heteroatoms. The van der Waals surface area contributed by atoms with Crippen molar-refractivity contribution in [1.82, 2.24) is 10.3 Å². The van der Waals surface area contributed by atoms with Crippen molar-refractivity contribution in [3.8, 4) is 5.75 Å². The summed E-state index contributed by atoms with van der Waals surface area (Å²) in [5, 5.41) is 4.55. The number of nitrogens with one attached hydrogen (secondary N) is 1. The third-order valence-electron chi connectivity index (χ3n) is 3.18. The molecule has 0 saturated carbocycles. The van der Waals surface area contributed by atoms with Gasteiger partial charge in [0, 0.05) is 11.4 Å². The normalized spacial score (nSPS) is 19.6. The quantitative estimate of drug-likeness (QED) is 0.875. The van der Waals surface area contributed by atoms with Crippen LogP contribution in [0.1, 0.15) is 12.8 Å². The van der Waals surface area contributed by atoms with Crippen molar-refractivity contribution in [3.05, 3.63) is 36.5 Å². The average Bonchev–Trinajstić information content (AvgIpc) is 2.89. The van der Waals surface area contributed by atoms with Crippen LogP contribution >= 0.6 is 0 Å². The molecule has 1 aliphatic heterocycles. The molecular formula is C14H16N2O. The van der Waals surface area contributed by atoms with Gasteiger partial charge in [-0.2, -0.15) is 0 Å². The fourth-order valence-electron chi connectivity index (χ4n) is 2.23. The first-order valence-electron chi connectivity index (χ1n) is 6.13. The van der Waals surface area contributed by atoms with Crippen molar-refractivity contribution in [2.75, 3.05) is 13.2 Å². The Bertz CT molecular complexity index is 506. The van der Waals surface area contributed by atoms with E-state index in [1.807, 2.05) is 18.2 Å². The largest absolute Gasteiger partial charge is 0.490 e. The van der Waals surface area contributed by atoms with Gasteiger partial charge in [0.2, 0.25) is 0 Å². The maximum atomic E-state index is 5.77. The van der Waals surface area contributed by atoms with Crippen molar-refractivity contribution in [1.29, 1.82) is 0 Å². The Morgan fingerprint density at radius 2 is 2.29 bits per heavy atom. The lowest BCUT2D eigenvalue weighted by Crippen LogP contribution is -2.28. The fourth-order valence-corrected chi connectivity index (χ4v) is 2.23. The van der Waals surface area contributed by atoms with E-state index >= 15 is 0 Å². The van der Waals surface area contributed by atoms with Gasteiger partial charge in [0.25, 0.3) is 0 Å². The number of pyridine rings is 1. The Kier molecular flexibility index (Phi) is 2.92. The molecule has 0 amide bonds. The van der Waals surface area contributed by atoms with E-state index in [0.29, 0.717) is 6.04 Å². The summed E-state index contributed by atoms with van der Waals surface area (Å²) >= 11 is 0. The molecule has 17 heavy (non-hydrogen) atoms. The number of benzene rings is 1. The third-order valence-corrected chi connectivity index (χ3v) is 3.18. The van der Waals surface area contributed by atoms with E-state index in [2.05, 4.69) is 22.4 Å². The van der Waals surface area contributed by atoms with E-state index in [0.717, 1.165) is 29.8 Å². The maximum Gasteiger partial charge on any atom is 0.138 e. The summed E-state index contributed by atoms with van der Waals surface area (Å²) < 4.78 is 5.77. The highest BCUT2D eigenvalue weighted by Gasteiger charge is 2.14. The summed E-state index contributed by atoms with van der Waals surface area (Å²) in [5.74, 6) is 0.859. The van der Waals surface area contributed by atoms with Gasteiger partial charge >= 0.3 is 0 Å². The molecule has 1 saturated heterocycles. The van der Waals surface area contributed by atoms with E-state index in [1.54, 1.807) is 6.20 Å². The van der Waals surface area contributed by atoms with Gasteiger partial charge in [0.15, 0.2) is 0 Å². The minimum absolute atomic E-state index is 0.501. The highest BCUT2D eigenvalue weighted by molar-refractivity contribution is 5.79. The molecule has 2 aromatic rings. The number of ether oxygens (including phenoxy) is 1. The predicted molar refractivity (Wildman–Crippen MR) is 68.3 cm³/mol. The zero-order valence-corrected chi connectivity index (χ0v) is 9.73. The van der Waals surface area contributed by atoms with E-state index < -0.39 is 0 Å². The minimum atomic E-state index is 0.501. The molecule has 2 heterocycles. The Labute approximate surface area is 101 Å². The standard InChI is InChI=1S/C14H16N2O/c1-2-6-14-11(4-1)8-13(9-16-14)17-10-12-5-3-7-15-12/h1-2,4,6,8-9,12,15H,3,5,7,10H2/t12-/m0/s1. The molecule has 3 rings (SSSR count). The van der Waals surface area contributed by atoms with Gasteiger partial charge in [-0.3, -0.25) is 4.98 Å². The summed E-state index contributed by atoms with van der Waals surface area (Å²) in [6.45, 7) is 1.85. The zero-order valence-electron chi connectivity index (χ0n) is 9.73. The van der Waals surface area contributed by atoms with Crippen LogP contribution in [-0.2, 0) is 0 Å². The molecule has 1 N–H and O–H groups in total. The molecule has 0 unspecified atom stereocenters. The number of rotatable bonds is 3. The number of nitrogens with zero attached hydrogens (tertiary/aromatic N) is 1. The lowest BCUT2D eigenvalue weighted by atomic mass is 10.2. The highest BCUT2D eigenvalue weighted by atomic mass is 16.5. The maximum absolute atomic E-state index is 5.77. The van der Waals surface area contributed by atoms with Crippen molar-refractivity contribution in [2.45, 2.75) is 18.9 Å². The van der Waals surface area contributed by atoms with Gasteiger partial charge in [-0.1, -0.05) is 18.2 Å². The van der Waals surface area contributed by atoms with Crippen LogP contribution in [0.15, 0.2) is 36.5 Å². The number of hydrogen-bond acceptors (Lipinski definition) is 3. The molecule has 1 aromatic heterocycles. The first-order valence-corrected chi connectivity index (χ1v) is 6.13. The fraction of sp³-hybridized carbons (Fsp3) is 0.357. The smallest absolute Gasteiger partial charge is 0.138 e. The summed E-state index contributed by atoms with van der Waals surface area (Å²) in [7, 11) is 0. The van der Waals surface area contributed by atoms with Gasteiger partial charge in [-0.05, 0) is 31.5 Å². The number of hydrogen-bond donors (Lipinski definition) is 1. The summed E-state index contributed by atoms with van der Waals surface area (Å²) in [4.78, 5) is 4.38. The first kappa shape index (κ1) is 10.5. The SMILES string of the molecule is c1ccc2ncc(OC[C@@H]3CCCN3)cc2c1. The topological polar surface area (TPSA) is 34.1 Å². The van der Waals surface area contributed by atoms with E-state index in [1.165, 1.54) is 12.8 Å². The molecule has 0 radical (unpaired) electrons. The molecule has 1 fully saturated rings. The number of aromatic nitrogens is 1. The molecule has 0 bridgehead atoms. The van der Waals surface area contributed by atoms with Crippen LogP contribution in [-0.4, -0.2) is 24.2 Å². The van der Waals surface area contributed by atoms with Crippen LogP contribution in [0.5, 0.6) is 5.75 Å². The molecule has 0 spiro atoms. The van der Waals surface area contributed by atoms with Crippen molar-refractivity contribution < 1.29 is 4.74 Å². The van der Waals surface area contributed by atoms with Gasteiger partial charge in [-0.15, -0.1) is 0 Å².